The van der Waals surface area contributed by atoms with Gasteiger partial charge in [-0.3, -0.25) is 0 Å². The summed E-state index contributed by atoms with van der Waals surface area (Å²) < 4.78 is 0. The molecule has 0 saturated heterocycles. The van der Waals surface area contributed by atoms with Gasteiger partial charge in [-0.15, -0.1) is 0 Å². The second-order valence-electron chi connectivity index (χ2n) is 7.81. The average Bonchev–Trinajstić information content (AvgIpc) is 3.51. The maximum absolute atomic E-state index is 6.17. The zero-order valence-electron chi connectivity index (χ0n) is 18.3. The van der Waals surface area contributed by atoms with Crippen LogP contribution in [-0.4, -0.2) is 41.8 Å². The number of nitrogens with zero attached hydrogens (tertiary/aromatic N) is 3. The number of benzene rings is 3. The van der Waals surface area contributed by atoms with Crippen LogP contribution >= 0.6 is 11.6 Å². The molecular formula is C27H24ClN5. The average molecular weight is 454 g/mol. The zero-order valence-corrected chi connectivity index (χ0v) is 19.1. The summed E-state index contributed by atoms with van der Waals surface area (Å²) in [5.74, 6) is 0.772. The highest BCUT2D eigenvalue weighted by Crippen LogP contribution is 2.32. The number of H-pyrrole nitrogens is 1. The first-order valence-electron chi connectivity index (χ1n) is 10.9. The van der Waals surface area contributed by atoms with Crippen molar-refractivity contribution in [1.29, 1.82) is 0 Å². The number of fused-ring (bicyclic) bond motifs is 1. The molecule has 164 valence electrons. The van der Waals surface area contributed by atoms with Gasteiger partial charge >= 0.3 is 0 Å². The first kappa shape index (κ1) is 21.0. The number of hydrogen-bond acceptors (Lipinski definition) is 4. The Bertz CT molecular complexity index is 1350. The molecule has 5 nitrogen and oxygen atoms in total. The van der Waals surface area contributed by atoms with E-state index in [1.807, 2.05) is 60.6 Å². The summed E-state index contributed by atoms with van der Waals surface area (Å²) in [4.78, 5) is 8.12. The Morgan fingerprint density at radius 2 is 1.76 bits per heavy atom. The molecule has 0 atom stereocenters. The number of aromatic amines is 1. The summed E-state index contributed by atoms with van der Waals surface area (Å²) in [6, 6.07) is 26.4. The lowest BCUT2D eigenvalue weighted by molar-refractivity contribution is 0.528. The van der Waals surface area contributed by atoms with Crippen LogP contribution in [0.1, 0.15) is 11.1 Å². The van der Waals surface area contributed by atoms with E-state index >= 15 is 0 Å². The molecule has 1 aliphatic heterocycles. The molecule has 0 radical (unpaired) electrons. The number of allylic oxidation sites excluding steroid dienone is 1. The quantitative estimate of drug-likeness (QED) is 0.296. The molecule has 33 heavy (non-hydrogen) atoms. The third-order valence-electron chi connectivity index (χ3n) is 5.55. The predicted octanol–water partition coefficient (Wildman–Crippen LogP) is 5.80. The van der Waals surface area contributed by atoms with Crippen molar-refractivity contribution in [3.63, 3.8) is 0 Å². The molecule has 0 bridgehead atoms. The molecule has 2 N–H and O–H groups in total. The van der Waals surface area contributed by atoms with Gasteiger partial charge < -0.3 is 10.3 Å². The Morgan fingerprint density at radius 3 is 2.52 bits per heavy atom. The Balaban J connectivity index is 1.69. The molecule has 2 heterocycles. The number of aliphatic imine (C=N–C) groups is 1. The first-order valence-corrected chi connectivity index (χ1v) is 11.3. The van der Waals surface area contributed by atoms with Gasteiger partial charge in [0.1, 0.15) is 0 Å². The van der Waals surface area contributed by atoms with Crippen LogP contribution in [0, 0.1) is 0 Å². The molecule has 1 aliphatic rings. The SMILES string of the molecule is CN(N=C(C=Cc1ccccc1)c1c(-c2ccc(Cl)cc2)[nH]c2ccccc12)C1=NCCN1. The Morgan fingerprint density at radius 1 is 1.00 bits per heavy atom. The third kappa shape index (κ3) is 4.54. The van der Waals surface area contributed by atoms with Crippen LogP contribution in [-0.2, 0) is 0 Å². The minimum atomic E-state index is 0.708. The van der Waals surface area contributed by atoms with Gasteiger partial charge in [0, 0.05) is 35.1 Å². The van der Waals surface area contributed by atoms with Crippen LogP contribution in [0.3, 0.4) is 0 Å². The molecule has 0 saturated carbocycles. The van der Waals surface area contributed by atoms with Crippen LogP contribution < -0.4 is 5.32 Å². The number of guanidine groups is 1. The molecular weight excluding hydrogens is 430 g/mol. The van der Waals surface area contributed by atoms with E-state index in [4.69, 9.17) is 16.7 Å². The lowest BCUT2D eigenvalue weighted by Crippen LogP contribution is -2.32. The molecule has 4 aromatic rings. The van der Waals surface area contributed by atoms with Gasteiger partial charge in [-0.1, -0.05) is 78.3 Å². The first-order chi connectivity index (χ1) is 16.2. The Hall–Kier alpha value is -3.83. The van der Waals surface area contributed by atoms with E-state index in [0.29, 0.717) is 5.02 Å². The maximum Gasteiger partial charge on any atom is 0.214 e. The fourth-order valence-electron chi connectivity index (χ4n) is 3.96. The number of hydrogen-bond donors (Lipinski definition) is 2. The van der Waals surface area contributed by atoms with E-state index in [2.05, 4.69) is 57.8 Å². The summed E-state index contributed by atoms with van der Waals surface area (Å²) in [5.41, 5.74) is 6.07. The van der Waals surface area contributed by atoms with Gasteiger partial charge in [-0.2, -0.15) is 5.10 Å². The van der Waals surface area contributed by atoms with Crippen molar-refractivity contribution in [2.45, 2.75) is 0 Å². The van der Waals surface area contributed by atoms with Gasteiger partial charge in [0.2, 0.25) is 5.96 Å². The van der Waals surface area contributed by atoms with Crippen LogP contribution in [0.4, 0.5) is 0 Å². The molecule has 0 amide bonds. The highest BCUT2D eigenvalue weighted by Gasteiger charge is 2.19. The number of para-hydroxylation sites is 1. The monoisotopic (exact) mass is 453 g/mol. The summed E-state index contributed by atoms with van der Waals surface area (Å²) in [5, 5.41) is 11.9. The fourth-order valence-corrected chi connectivity index (χ4v) is 4.08. The van der Waals surface area contributed by atoms with Crippen LogP contribution in [0.25, 0.3) is 28.2 Å². The third-order valence-corrected chi connectivity index (χ3v) is 5.80. The molecule has 0 aliphatic carbocycles. The van der Waals surface area contributed by atoms with Crippen molar-refractivity contribution in [1.82, 2.24) is 15.3 Å². The molecule has 0 fully saturated rings. The maximum atomic E-state index is 6.17. The van der Waals surface area contributed by atoms with E-state index in [1.54, 1.807) is 0 Å². The van der Waals surface area contributed by atoms with Crippen molar-refractivity contribution in [2.75, 3.05) is 20.1 Å². The van der Waals surface area contributed by atoms with Crippen molar-refractivity contribution in [3.8, 4) is 11.3 Å². The standard InChI is InChI=1S/C27H24ClN5/c1-33(27-29-17-18-30-27)32-24(16-11-19-7-3-2-4-8-19)25-22-9-5-6-10-23(22)31-26(25)20-12-14-21(28)15-13-20/h2-16,31H,17-18H2,1H3,(H,29,30). The van der Waals surface area contributed by atoms with Gasteiger partial charge in [-0.05, 0) is 35.4 Å². The normalized spacial score (nSPS) is 14.0. The van der Waals surface area contributed by atoms with Crippen molar-refractivity contribution in [3.05, 3.63) is 101 Å². The summed E-state index contributed by atoms with van der Waals surface area (Å²) in [6.07, 6.45) is 4.15. The van der Waals surface area contributed by atoms with Gasteiger partial charge in [0.05, 0.1) is 18.0 Å². The predicted molar refractivity (Wildman–Crippen MR) is 139 cm³/mol. The summed E-state index contributed by atoms with van der Waals surface area (Å²) in [7, 11) is 1.92. The molecule has 6 heteroatoms. The lowest BCUT2D eigenvalue weighted by atomic mass is 10.00. The van der Waals surface area contributed by atoms with E-state index in [0.717, 1.165) is 58.0 Å². The molecule has 0 unspecified atom stereocenters. The largest absolute Gasteiger partial charge is 0.354 e. The highest BCUT2D eigenvalue weighted by atomic mass is 35.5. The highest BCUT2D eigenvalue weighted by molar-refractivity contribution is 6.30. The minimum absolute atomic E-state index is 0.708. The number of rotatable bonds is 5. The molecule has 3 aromatic carbocycles. The number of hydrazone groups is 1. The molecule has 0 spiro atoms. The van der Waals surface area contributed by atoms with Crippen LogP contribution in [0.2, 0.25) is 5.02 Å². The van der Waals surface area contributed by atoms with Crippen LogP contribution in [0.5, 0.6) is 0 Å². The van der Waals surface area contributed by atoms with Gasteiger partial charge in [0.15, 0.2) is 0 Å². The van der Waals surface area contributed by atoms with E-state index in [1.165, 1.54) is 0 Å². The van der Waals surface area contributed by atoms with Gasteiger partial charge in [0.25, 0.3) is 0 Å². The lowest BCUT2D eigenvalue weighted by Gasteiger charge is -2.15. The second-order valence-corrected chi connectivity index (χ2v) is 8.25. The summed E-state index contributed by atoms with van der Waals surface area (Å²) in [6.45, 7) is 1.58. The van der Waals surface area contributed by atoms with Crippen molar-refractivity contribution >= 4 is 40.3 Å². The fraction of sp³-hybridized carbons (Fsp3) is 0.111. The Labute approximate surface area is 198 Å². The van der Waals surface area contributed by atoms with Crippen molar-refractivity contribution < 1.29 is 0 Å². The smallest absolute Gasteiger partial charge is 0.214 e. The zero-order chi connectivity index (χ0) is 22.6. The minimum Gasteiger partial charge on any atom is -0.354 e. The van der Waals surface area contributed by atoms with Gasteiger partial charge in [-0.25, -0.2) is 10.0 Å². The molecule has 5 rings (SSSR count). The Kier molecular flexibility index (Phi) is 5.96. The second kappa shape index (κ2) is 9.35. The van der Waals surface area contributed by atoms with E-state index in [-0.39, 0.29) is 0 Å². The number of aromatic nitrogens is 1. The van der Waals surface area contributed by atoms with Crippen molar-refractivity contribution in [2.24, 2.45) is 10.1 Å². The topological polar surface area (TPSA) is 55.8 Å². The number of halogens is 1. The number of nitrogens with one attached hydrogen (secondary N) is 2. The van der Waals surface area contributed by atoms with E-state index in [9.17, 15) is 0 Å². The van der Waals surface area contributed by atoms with E-state index < -0.39 is 0 Å². The molecule has 1 aromatic heterocycles. The van der Waals surface area contributed by atoms with Crippen LogP contribution in [0.15, 0.2) is 95.0 Å². The summed E-state index contributed by atoms with van der Waals surface area (Å²) >= 11 is 6.17.